The first kappa shape index (κ1) is 11.0. The monoisotopic (exact) mass is 206 g/mol. The second-order valence-electron chi connectivity index (χ2n) is 4.42. The minimum Gasteiger partial charge on any atom is -0.285 e. The highest BCUT2D eigenvalue weighted by molar-refractivity contribution is 7.86. The van der Waals surface area contributed by atoms with Crippen molar-refractivity contribution in [2.75, 3.05) is 0 Å². The lowest BCUT2D eigenvalue weighted by Gasteiger charge is -2.35. The number of hydrogen-bond donors (Lipinski definition) is 1. The van der Waals surface area contributed by atoms with E-state index in [1.54, 1.807) is 0 Å². The highest BCUT2D eigenvalue weighted by atomic mass is 32.2. The SMILES string of the molecule is CC1CC(S(=O)(=O)O)CC(C)C1C. The molecule has 1 N–H and O–H groups in total. The topological polar surface area (TPSA) is 54.4 Å². The van der Waals surface area contributed by atoms with E-state index < -0.39 is 15.4 Å². The van der Waals surface area contributed by atoms with Crippen LogP contribution < -0.4 is 0 Å². The molecule has 4 heteroatoms. The first-order chi connectivity index (χ1) is 5.82. The molecule has 0 heterocycles. The Bertz CT molecular complexity index is 259. The van der Waals surface area contributed by atoms with Crippen LogP contribution in [-0.4, -0.2) is 18.2 Å². The predicted molar refractivity (Wildman–Crippen MR) is 52.1 cm³/mol. The van der Waals surface area contributed by atoms with Crippen molar-refractivity contribution >= 4 is 10.1 Å². The molecule has 0 spiro atoms. The van der Waals surface area contributed by atoms with Crippen LogP contribution in [0.1, 0.15) is 33.6 Å². The highest BCUT2D eigenvalue weighted by Crippen LogP contribution is 2.36. The molecular formula is C9H18O3S. The molecule has 0 saturated heterocycles. The van der Waals surface area contributed by atoms with E-state index in [1.807, 2.05) is 0 Å². The molecule has 1 saturated carbocycles. The van der Waals surface area contributed by atoms with Crippen LogP contribution in [0.15, 0.2) is 0 Å². The lowest BCUT2D eigenvalue weighted by Crippen LogP contribution is -2.35. The summed E-state index contributed by atoms with van der Waals surface area (Å²) in [6.07, 6.45) is 1.20. The Morgan fingerprint density at radius 1 is 1.08 bits per heavy atom. The van der Waals surface area contributed by atoms with Crippen molar-refractivity contribution in [2.45, 2.75) is 38.9 Å². The normalized spacial score (nSPS) is 41.8. The molecule has 1 aliphatic rings. The minimum absolute atomic E-state index is 0.385. The zero-order valence-corrected chi connectivity index (χ0v) is 9.21. The van der Waals surface area contributed by atoms with Gasteiger partial charge in [0.05, 0.1) is 5.25 Å². The largest absolute Gasteiger partial charge is 0.285 e. The van der Waals surface area contributed by atoms with Crippen LogP contribution >= 0.6 is 0 Å². The zero-order chi connectivity index (χ0) is 10.2. The molecule has 1 rings (SSSR count). The smallest absolute Gasteiger partial charge is 0.267 e. The van der Waals surface area contributed by atoms with Crippen molar-refractivity contribution in [1.29, 1.82) is 0 Å². The standard InChI is InChI=1S/C9H18O3S/c1-6-4-9(13(10,11)12)5-7(2)8(6)3/h6-9H,4-5H2,1-3H3,(H,10,11,12). The maximum absolute atomic E-state index is 10.9. The van der Waals surface area contributed by atoms with Gasteiger partial charge in [-0.2, -0.15) is 8.42 Å². The average molecular weight is 206 g/mol. The third-order valence-corrected chi connectivity index (χ3v) is 4.71. The van der Waals surface area contributed by atoms with E-state index in [1.165, 1.54) is 0 Å². The molecule has 0 aromatic heterocycles. The van der Waals surface area contributed by atoms with Crippen molar-refractivity contribution in [3.8, 4) is 0 Å². The Kier molecular flexibility index (Phi) is 3.02. The summed E-state index contributed by atoms with van der Waals surface area (Å²) in [5.74, 6) is 1.32. The van der Waals surface area contributed by atoms with E-state index in [2.05, 4.69) is 20.8 Å². The lowest BCUT2D eigenvalue weighted by atomic mass is 9.74. The van der Waals surface area contributed by atoms with Gasteiger partial charge in [0.2, 0.25) is 0 Å². The quantitative estimate of drug-likeness (QED) is 0.667. The third kappa shape index (κ3) is 2.44. The van der Waals surface area contributed by atoms with Gasteiger partial charge < -0.3 is 0 Å². The van der Waals surface area contributed by atoms with Gasteiger partial charge in [-0.05, 0) is 30.6 Å². The van der Waals surface area contributed by atoms with Gasteiger partial charge in [-0.3, -0.25) is 4.55 Å². The molecule has 2 unspecified atom stereocenters. The van der Waals surface area contributed by atoms with Gasteiger partial charge in [0.15, 0.2) is 0 Å². The average Bonchev–Trinajstić information content (AvgIpc) is 1.97. The first-order valence-corrected chi connectivity index (χ1v) is 6.29. The molecule has 13 heavy (non-hydrogen) atoms. The van der Waals surface area contributed by atoms with Crippen LogP contribution in [0.5, 0.6) is 0 Å². The van der Waals surface area contributed by atoms with Crippen LogP contribution in [0.25, 0.3) is 0 Å². The van der Waals surface area contributed by atoms with Crippen LogP contribution in [0.3, 0.4) is 0 Å². The van der Waals surface area contributed by atoms with Crippen LogP contribution in [0.4, 0.5) is 0 Å². The molecule has 0 aromatic carbocycles. The van der Waals surface area contributed by atoms with E-state index >= 15 is 0 Å². The summed E-state index contributed by atoms with van der Waals surface area (Å²) >= 11 is 0. The fourth-order valence-electron chi connectivity index (χ4n) is 2.16. The summed E-state index contributed by atoms with van der Waals surface area (Å²) in [6, 6.07) is 0. The molecule has 1 fully saturated rings. The maximum atomic E-state index is 10.9. The molecule has 0 amide bonds. The van der Waals surface area contributed by atoms with E-state index in [0.717, 1.165) is 0 Å². The van der Waals surface area contributed by atoms with Gasteiger partial charge in [-0.15, -0.1) is 0 Å². The van der Waals surface area contributed by atoms with Crippen molar-refractivity contribution < 1.29 is 13.0 Å². The number of hydrogen-bond acceptors (Lipinski definition) is 2. The Morgan fingerprint density at radius 3 is 1.77 bits per heavy atom. The van der Waals surface area contributed by atoms with Crippen molar-refractivity contribution in [3.63, 3.8) is 0 Å². The van der Waals surface area contributed by atoms with Crippen molar-refractivity contribution in [3.05, 3.63) is 0 Å². The summed E-state index contributed by atoms with van der Waals surface area (Å²) < 4.78 is 30.8. The predicted octanol–water partition coefficient (Wildman–Crippen LogP) is 1.94. The Morgan fingerprint density at radius 2 is 1.46 bits per heavy atom. The number of rotatable bonds is 1. The summed E-state index contributed by atoms with van der Waals surface area (Å²) in [4.78, 5) is 0. The molecule has 78 valence electrons. The van der Waals surface area contributed by atoms with Crippen molar-refractivity contribution in [1.82, 2.24) is 0 Å². The molecule has 0 aromatic rings. The molecule has 1 aliphatic carbocycles. The Labute approximate surface area is 80.3 Å². The van der Waals surface area contributed by atoms with E-state index in [-0.39, 0.29) is 0 Å². The molecule has 2 atom stereocenters. The van der Waals surface area contributed by atoms with Gasteiger partial charge in [0.25, 0.3) is 10.1 Å². The van der Waals surface area contributed by atoms with E-state index in [9.17, 15) is 8.42 Å². The molecule has 0 bridgehead atoms. The van der Waals surface area contributed by atoms with E-state index in [0.29, 0.717) is 30.6 Å². The van der Waals surface area contributed by atoms with Crippen LogP contribution in [0, 0.1) is 17.8 Å². The van der Waals surface area contributed by atoms with Gasteiger partial charge in [0.1, 0.15) is 0 Å². The Hall–Kier alpha value is -0.0900. The zero-order valence-electron chi connectivity index (χ0n) is 8.40. The molecular weight excluding hydrogens is 188 g/mol. The first-order valence-electron chi connectivity index (χ1n) is 4.78. The van der Waals surface area contributed by atoms with Crippen LogP contribution in [0.2, 0.25) is 0 Å². The molecule has 0 radical (unpaired) electrons. The fraction of sp³-hybridized carbons (Fsp3) is 1.00. The third-order valence-electron chi connectivity index (χ3n) is 3.49. The van der Waals surface area contributed by atoms with Gasteiger partial charge in [0, 0.05) is 0 Å². The maximum Gasteiger partial charge on any atom is 0.267 e. The summed E-state index contributed by atoms with van der Waals surface area (Å²) in [5, 5.41) is -0.534. The summed E-state index contributed by atoms with van der Waals surface area (Å²) in [5.41, 5.74) is 0. The fourth-order valence-corrected chi connectivity index (χ4v) is 3.25. The molecule has 3 nitrogen and oxygen atoms in total. The van der Waals surface area contributed by atoms with Crippen LogP contribution in [-0.2, 0) is 10.1 Å². The van der Waals surface area contributed by atoms with E-state index in [4.69, 9.17) is 4.55 Å². The second-order valence-corrected chi connectivity index (χ2v) is 6.12. The van der Waals surface area contributed by atoms with Gasteiger partial charge in [-0.1, -0.05) is 20.8 Å². The lowest BCUT2D eigenvalue weighted by molar-refractivity contribution is 0.195. The second kappa shape index (κ2) is 3.58. The summed E-state index contributed by atoms with van der Waals surface area (Å²) in [7, 11) is -3.82. The van der Waals surface area contributed by atoms with Gasteiger partial charge in [-0.25, -0.2) is 0 Å². The molecule has 0 aliphatic heterocycles. The van der Waals surface area contributed by atoms with Crippen molar-refractivity contribution in [2.24, 2.45) is 17.8 Å². The summed E-state index contributed by atoms with van der Waals surface area (Å²) in [6.45, 7) is 6.26. The highest BCUT2D eigenvalue weighted by Gasteiger charge is 2.36. The Balaban J connectivity index is 2.75. The van der Waals surface area contributed by atoms with Gasteiger partial charge >= 0.3 is 0 Å². The minimum atomic E-state index is -3.82.